The molecule has 1 saturated heterocycles. The highest BCUT2D eigenvalue weighted by molar-refractivity contribution is 7.60. The Hall–Kier alpha value is 0.430. The Labute approximate surface area is 90.6 Å². The molecule has 0 amide bonds. The lowest BCUT2D eigenvalue weighted by Crippen LogP contribution is -2.45. The first kappa shape index (κ1) is 10.9. The van der Waals surface area contributed by atoms with Crippen LogP contribution in [0.2, 0.25) is 0 Å². The van der Waals surface area contributed by atoms with Gasteiger partial charge in [-0.25, -0.2) is 0 Å². The zero-order chi connectivity index (χ0) is 10.4. The summed E-state index contributed by atoms with van der Waals surface area (Å²) in [5.74, 6) is 1.07. The first-order chi connectivity index (χ1) is 6.47. The standard InChI is InChI=1S/C13H25P/c1-12(2)10-8-11-7-5-6-9-13(11,3)14(12)4/h11H,5-10H2,1-4H3. The summed E-state index contributed by atoms with van der Waals surface area (Å²) < 4.78 is 0. The Morgan fingerprint density at radius 1 is 1.00 bits per heavy atom. The van der Waals surface area contributed by atoms with Gasteiger partial charge in [0.05, 0.1) is 0 Å². The summed E-state index contributed by atoms with van der Waals surface area (Å²) in [6.07, 6.45) is 9.04. The second-order valence-corrected chi connectivity index (χ2v) is 9.56. The Balaban J connectivity index is 2.24. The van der Waals surface area contributed by atoms with Crippen molar-refractivity contribution in [2.45, 2.75) is 69.6 Å². The molecule has 2 aliphatic rings. The summed E-state index contributed by atoms with van der Waals surface area (Å²) in [4.78, 5) is 0. The van der Waals surface area contributed by atoms with Crippen LogP contribution in [0.4, 0.5) is 0 Å². The van der Waals surface area contributed by atoms with Crippen LogP contribution in [0.25, 0.3) is 0 Å². The highest BCUT2D eigenvalue weighted by atomic mass is 31.1. The van der Waals surface area contributed by atoms with Crippen molar-refractivity contribution >= 4 is 7.92 Å². The van der Waals surface area contributed by atoms with Crippen molar-refractivity contribution in [3.63, 3.8) is 0 Å². The van der Waals surface area contributed by atoms with Crippen molar-refractivity contribution in [2.24, 2.45) is 5.92 Å². The third kappa shape index (κ3) is 1.54. The van der Waals surface area contributed by atoms with Gasteiger partial charge in [0.15, 0.2) is 0 Å². The molecular weight excluding hydrogens is 187 g/mol. The Kier molecular flexibility index (Phi) is 2.71. The molecule has 3 unspecified atom stereocenters. The van der Waals surface area contributed by atoms with Gasteiger partial charge in [-0.05, 0) is 48.6 Å². The van der Waals surface area contributed by atoms with Crippen LogP contribution in [0, 0.1) is 5.92 Å². The number of rotatable bonds is 0. The third-order valence-electron chi connectivity index (χ3n) is 5.14. The molecule has 1 aliphatic carbocycles. The summed E-state index contributed by atoms with van der Waals surface area (Å²) in [5.41, 5.74) is 0. The van der Waals surface area contributed by atoms with Gasteiger partial charge in [0.25, 0.3) is 0 Å². The van der Waals surface area contributed by atoms with Crippen LogP contribution >= 0.6 is 7.92 Å². The zero-order valence-electron chi connectivity index (χ0n) is 10.3. The van der Waals surface area contributed by atoms with Crippen LogP contribution in [-0.2, 0) is 0 Å². The molecule has 0 aromatic rings. The molecule has 0 aromatic carbocycles. The maximum atomic E-state index is 2.60. The molecule has 1 heterocycles. The van der Waals surface area contributed by atoms with Crippen molar-refractivity contribution in [3.05, 3.63) is 0 Å². The normalized spacial score (nSPS) is 47.1. The smallest absolute Gasteiger partial charge is 0.00921 e. The van der Waals surface area contributed by atoms with Gasteiger partial charge in [-0.1, -0.05) is 41.5 Å². The average molecular weight is 212 g/mol. The molecule has 14 heavy (non-hydrogen) atoms. The van der Waals surface area contributed by atoms with Gasteiger partial charge in [0.1, 0.15) is 0 Å². The second-order valence-electron chi connectivity index (χ2n) is 6.21. The van der Waals surface area contributed by atoms with Crippen molar-refractivity contribution in [2.75, 3.05) is 6.66 Å². The summed E-state index contributed by atoms with van der Waals surface area (Å²) in [6, 6.07) is 0. The molecule has 0 aromatic heterocycles. The molecule has 82 valence electrons. The second kappa shape index (κ2) is 3.48. The lowest BCUT2D eigenvalue weighted by Gasteiger charge is -2.56. The minimum absolute atomic E-state index is 0.226. The third-order valence-corrected chi connectivity index (χ3v) is 9.30. The van der Waals surface area contributed by atoms with Crippen molar-refractivity contribution in [1.82, 2.24) is 0 Å². The fraction of sp³-hybridized carbons (Fsp3) is 1.00. The van der Waals surface area contributed by atoms with Gasteiger partial charge >= 0.3 is 0 Å². The maximum Gasteiger partial charge on any atom is -0.00921 e. The largest absolute Gasteiger partial charge is 0.0977 e. The molecule has 0 spiro atoms. The van der Waals surface area contributed by atoms with E-state index in [0.717, 1.165) is 11.1 Å². The molecule has 3 atom stereocenters. The van der Waals surface area contributed by atoms with Gasteiger partial charge in [0.2, 0.25) is 0 Å². The SMILES string of the molecule is CP1C(C)(C)CCC2CCCCC21C. The number of hydrogen-bond acceptors (Lipinski definition) is 0. The number of fused-ring (bicyclic) bond motifs is 1. The van der Waals surface area contributed by atoms with Crippen LogP contribution in [-0.4, -0.2) is 17.0 Å². The minimum atomic E-state index is 0.226. The van der Waals surface area contributed by atoms with Gasteiger partial charge in [-0.2, -0.15) is 0 Å². The lowest BCUT2D eigenvalue weighted by molar-refractivity contribution is 0.237. The van der Waals surface area contributed by atoms with E-state index in [1.165, 1.54) is 38.5 Å². The van der Waals surface area contributed by atoms with E-state index < -0.39 is 0 Å². The Morgan fingerprint density at radius 2 is 1.71 bits per heavy atom. The van der Waals surface area contributed by atoms with Crippen LogP contribution < -0.4 is 0 Å². The zero-order valence-corrected chi connectivity index (χ0v) is 11.2. The van der Waals surface area contributed by atoms with E-state index in [0.29, 0.717) is 5.16 Å². The van der Waals surface area contributed by atoms with E-state index in [-0.39, 0.29) is 7.92 Å². The van der Waals surface area contributed by atoms with E-state index >= 15 is 0 Å². The monoisotopic (exact) mass is 212 g/mol. The predicted molar refractivity (Wildman–Crippen MR) is 66.5 cm³/mol. The van der Waals surface area contributed by atoms with Gasteiger partial charge in [-0.15, -0.1) is 0 Å². The molecule has 0 nitrogen and oxygen atoms in total. The average Bonchev–Trinajstić information content (AvgIpc) is 2.14. The predicted octanol–water partition coefficient (Wildman–Crippen LogP) is 4.62. The van der Waals surface area contributed by atoms with E-state index in [1.807, 2.05) is 0 Å². The van der Waals surface area contributed by atoms with Crippen LogP contribution in [0.1, 0.15) is 59.3 Å². The van der Waals surface area contributed by atoms with E-state index in [1.54, 1.807) is 0 Å². The quantitative estimate of drug-likeness (QED) is 0.514. The summed E-state index contributed by atoms with van der Waals surface area (Å²) >= 11 is 0. The Bertz CT molecular complexity index is 221. The fourth-order valence-electron chi connectivity index (χ4n) is 3.67. The molecular formula is C13H25P. The molecule has 0 radical (unpaired) electrons. The molecule has 1 saturated carbocycles. The van der Waals surface area contributed by atoms with Crippen molar-refractivity contribution in [1.29, 1.82) is 0 Å². The molecule has 2 fully saturated rings. The van der Waals surface area contributed by atoms with E-state index in [9.17, 15) is 0 Å². The van der Waals surface area contributed by atoms with Gasteiger partial charge < -0.3 is 0 Å². The topological polar surface area (TPSA) is 0 Å². The Morgan fingerprint density at radius 3 is 2.43 bits per heavy atom. The molecule has 0 N–H and O–H groups in total. The lowest BCUT2D eigenvalue weighted by atomic mass is 9.75. The van der Waals surface area contributed by atoms with Gasteiger partial charge in [-0.3, -0.25) is 0 Å². The van der Waals surface area contributed by atoms with E-state index in [2.05, 4.69) is 27.4 Å². The fourth-order valence-corrected chi connectivity index (χ4v) is 6.82. The minimum Gasteiger partial charge on any atom is -0.0977 e. The molecule has 1 heteroatoms. The van der Waals surface area contributed by atoms with E-state index in [4.69, 9.17) is 0 Å². The molecule has 0 bridgehead atoms. The summed E-state index contributed by atoms with van der Waals surface area (Å²) in [7, 11) is 0.226. The van der Waals surface area contributed by atoms with Gasteiger partial charge in [0, 0.05) is 0 Å². The first-order valence-electron chi connectivity index (χ1n) is 6.21. The van der Waals surface area contributed by atoms with Crippen LogP contribution in [0.3, 0.4) is 0 Å². The highest BCUT2D eigenvalue weighted by Gasteiger charge is 2.49. The van der Waals surface area contributed by atoms with Crippen molar-refractivity contribution in [3.8, 4) is 0 Å². The van der Waals surface area contributed by atoms with Crippen molar-refractivity contribution < 1.29 is 0 Å². The molecule has 1 aliphatic heterocycles. The number of hydrogen-bond donors (Lipinski definition) is 0. The van der Waals surface area contributed by atoms with Crippen LogP contribution in [0.15, 0.2) is 0 Å². The maximum absolute atomic E-state index is 2.60. The summed E-state index contributed by atoms with van der Waals surface area (Å²) in [6.45, 7) is 10.2. The van der Waals surface area contributed by atoms with Crippen LogP contribution in [0.5, 0.6) is 0 Å². The molecule has 2 rings (SSSR count). The highest BCUT2D eigenvalue weighted by Crippen LogP contribution is 2.68. The summed E-state index contributed by atoms with van der Waals surface area (Å²) in [5, 5.41) is 1.38. The first-order valence-corrected chi connectivity index (χ1v) is 8.00.